The van der Waals surface area contributed by atoms with E-state index in [1.165, 1.54) is 13.2 Å². The van der Waals surface area contributed by atoms with Crippen molar-refractivity contribution in [3.8, 4) is 11.5 Å². The Hall–Kier alpha value is -4.09. The molecular formula is C29H26BrN3O6S. The fourth-order valence-electron chi connectivity index (χ4n) is 3.72. The second-order valence-corrected chi connectivity index (χ2v) is 10.8. The molecule has 1 aliphatic heterocycles. The van der Waals surface area contributed by atoms with Crippen LogP contribution in [0.15, 0.2) is 70.0 Å². The number of methoxy groups -OCH3 is 1. The lowest BCUT2D eigenvalue weighted by atomic mass is 10.1. The van der Waals surface area contributed by atoms with Gasteiger partial charge in [0.25, 0.3) is 17.1 Å². The number of carbonyl (C=O) groups is 4. The van der Waals surface area contributed by atoms with Gasteiger partial charge in [0.05, 0.1) is 12.0 Å². The molecule has 1 fully saturated rings. The molecule has 1 saturated heterocycles. The van der Waals surface area contributed by atoms with Crippen LogP contribution in [0.3, 0.4) is 0 Å². The average Bonchev–Trinajstić information content (AvgIpc) is 3.18. The lowest BCUT2D eigenvalue weighted by Gasteiger charge is -2.13. The monoisotopic (exact) mass is 623 g/mol. The maximum atomic E-state index is 12.9. The number of nitrogens with one attached hydrogen (secondary N) is 2. The van der Waals surface area contributed by atoms with Gasteiger partial charge >= 0.3 is 0 Å². The van der Waals surface area contributed by atoms with E-state index in [4.69, 9.17) is 9.47 Å². The highest BCUT2D eigenvalue weighted by Crippen LogP contribution is 2.34. The van der Waals surface area contributed by atoms with Gasteiger partial charge in [-0.1, -0.05) is 28.1 Å². The van der Waals surface area contributed by atoms with Crippen LogP contribution in [0.4, 0.5) is 16.2 Å². The number of nitrogens with zero attached hydrogens (tertiary/aromatic N) is 1. The fourth-order valence-corrected chi connectivity index (χ4v) is 4.82. The first-order valence-electron chi connectivity index (χ1n) is 12.1. The Bertz CT molecular complexity index is 1510. The van der Waals surface area contributed by atoms with Crippen LogP contribution in [0.5, 0.6) is 11.5 Å². The zero-order valence-electron chi connectivity index (χ0n) is 21.9. The molecule has 4 amide bonds. The molecule has 0 saturated carbocycles. The minimum Gasteiger partial charge on any atom is -0.493 e. The Kier molecular flexibility index (Phi) is 9.28. The Morgan fingerprint density at radius 2 is 1.60 bits per heavy atom. The molecule has 11 heteroatoms. The molecule has 1 aliphatic rings. The summed E-state index contributed by atoms with van der Waals surface area (Å²) in [6, 6.07) is 17.5. The summed E-state index contributed by atoms with van der Waals surface area (Å²) in [4.78, 5) is 51.2. The fraction of sp³-hybridized carbons (Fsp3) is 0.172. The van der Waals surface area contributed by atoms with Gasteiger partial charge in [-0.25, -0.2) is 0 Å². The van der Waals surface area contributed by atoms with E-state index in [0.29, 0.717) is 28.4 Å². The summed E-state index contributed by atoms with van der Waals surface area (Å²) in [5, 5.41) is 4.93. The number of anilines is 2. The molecule has 0 radical (unpaired) electrons. The van der Waals surface area contributed by atoms with Crippen LogP contribution >= 0.6 is 27.7 Å². The van der Waals surface area contributed by atoms with Crippen LogP contribution in [0.2, 0.25) is 0 Å². The van der Waals surface area contributed by atoms with Crippen molar-refractivity contribution < 1.29 is 28.7 Å². The van der Waals surface area contributed by atoms with Crippen molar-refractivity contribution in [3.63, 3.8) is 0 Å². The molecule has 0 aliphatic carbocycles. The quantitative estimate of drug-likeness (QED) is 0.291. The van der Waals surface area contributed by atoms with Crippen molar-refractivity contribution in [3.05, 3.63) is 86.7 Å². The summed E-state index contributed by atoms with van der Waals surface area (Å²) in [7, 11) is 1.46. The number of imide groups is 1. The molecule has 0 unspecified atom stereocenters. The molecule has 9 nitrogen and oxygen atoms in total. The molecule has 3 aromatic carbocycles. The van der Waals surface area contributed by atoms with E-state index in [0.717, 1.165) is 32.3 Å². The Morgan fingerprint density at radius 1 is 0.900 bits per heavy atom. The lowest BCUT2D eigenvalue weighted by molar-refractivity contribution is -0.127. The third-order valence-electron chi connectivity index (χ3n) is 5.94. The van der Waals surface area contributed by atoms with E-state index in [1.807, 2.05) is 32.0 Å². The summed E-state index contributed by atoms with van der Waals surface area (Å²) in [6.07, 6.45) is 1.54. The zero-order chi connectivity index (χ0) is 28.8. The summed E-state index contributed by atoms with van der Waals surface area (Å²) in [6.45, 7) is 3.33. The molecule has 0 atom stereocenters. The van der Waals surface area contributed by atoms with Gasteiger partial charge in [-0.2, -0.15) is 0 Å². The van der Waals surface area contributed by atoms with Gasteiger partial charge in [0.15, 0.2) is 18.1 Å². The number of rotatable bonds is 9. The molecule has 40 heavy (non-hydrogen) atoms. The molecule has 1 heterocycles. The first-order chi connectivity index (χ1) is 19.1. The summed E-state index contributed by atoms with van der Waals surface area (Å²) in [5.41, 5.74) is 4.00. The number of carbonyl (C=O) groups excluding carboxylic acids is 4. The first-order valence-corrected chi connectivity index (χ1v) is 13.7. The van der Waals surface area contributed by atoms with Crippen molar-refractivity contribution in [1.82, 2.24) is 4.90 Å². The minimum absolute atomic E-state index is 0.171. The number of hydrogen-bond donors (Lipinski definition) is 2. The molecule has 4 rings (SSSR count). The molecule has 3 aromatic rings. The van der Waals surface area contributed by atoms with Crippen LogP contribution in [0, 0.1) is 13.8 Å². The lowest BCUT2D eigenvalue weighted by Crippen LogP contribution is -2.36. The van der Waals surface area contributed by atoms with E-state index < -0.39 is 23.6 Å². The average molecular weight is 625 g/mol. The van der Waals surface area contributed by atoms with Gasteiger partial charge in [-0.3, -0.25) is 24.1 Å². The number of halogens is 1. The van der Waals surface area contributed by atoms with Crippen molar-refractivity contribution in [1.29, 1.82) is 0 Å². The highest BCUT2D eigenvalue weighted by atomic mass is 79.9. The van der Waals surface area contributed by atoms with Gasteiger partial charge in [-0.15, -0.1) is 0 Å². The topological polar surface area (TPSA) is 114 Å². The van der Waals surface area contributed by atoms with E-state index >= 15 is 0 Å². The SMILES string of the molecule is COc1cc(/C=C2/SC(=O)N(CC(=O)Nc3ccc(Br)cc3)C2=O)ccc1OCC(=O)Nc1ccc(C)c(C)c1. The molecular weight excluding hydrogens is 598 g/mol. The largest absolute Gasteiger partial charge is 0.493 e. The third kappa shape index (κ3) is 7.30. The predicted molar refractivity (Wildman–Crippen MR) is 158 cm³/mol. The van der Waals surface area contributed by atoms with Gasteiger partial charge in [-0.05, 0) is 96.9 Å². The number of aryl methyl sites for hydroxylation is 2. The van der Waals surface area contributed by atoms with Crippen LogP contribution in [-0.2, 0) is 14.4 Å². The smallest absolute Gasteiger partial charge is 0.294 e. The number of benzene rings is 3. The molecule has 0 aromatic heterocycles. The minimum atomic E-state index is -0.566. The van der Waals surface area contributed by atoms with Crippen molar-refractivity contribution in [2.24, 2.45) is 0 Å². The molecule has 0 bridgehead atoms. The van der Waals surface area contributed by atoms with Gasteiger partial charge < -0.3 is 20.1 Å². The van der Waals surface area contributed by atoms with Crippen LogP contribution < -0.4 is 20.1 Å². The Morgan fingerprint density at radius 3 is 2.30 bits per heavy atom. The van der Waals surface area contributed by atoms with Crippen molar-refractivity contribution in [2.75, 3.05) is 30.9 Å². The normalized spacial score (nSPS) is 13.9. The van der Waals surface area contributed by atoms with Crippen molar-refractivity contribution in [2.45, 2.75) is 13.8 Å². The predicted octanol–water partition coefficient (Wildman–Crippen LogP) is 5.77. The number of thioether (sulfide) groups is 1. The zero-order valence-corrected chi connectivity index (χ0v) is 24.4. The Balaban J connectivity index is 1.37. The second kappa shape index (κ2) is 12.8. The van der Waals surface area contributed by atoms with Gasteiger partial charge in [0.2, 0.25) is 5.91 Å². The van der Waals surface area contributed by atoms with Crippen LogP contribution in [0.25, 0.3) is 6.08 Å². The number of hydrogen-bond acceptors (Lipinski definition) is 7. The Labute approximate surface area is 244 Å². The van der Waals surface area contributed by atoms with Crippen LogP contribution in [-0.4, -0.2) is 48.1 Å². The summed E-state index contributed by atoms with van der Waals surface area (Å²) in [5.74, 6) is -0.695. The van der Waals surface area contributed by atoms with Gasteiger partial charge in [0.1, 0.15) is 6.54 Å². The highest BCUT2D eigenvalue weighted by molar-refractivity contribution is 9.10. The van der Waals surface area contributed by atoms with E-state index in [1.54, 1.807) is 42.5 Å². The van der Waals surface area contributed by atoms with Crippen LogP contribution in [0.1, 0.15) is 16.7 Å². The number of amides is 4. The van der Waals surface area contributed by atoms with Crippen molar-refractivity contribution >= 4 is 68.1 Å². The summed E-state index contributed by atoms with van der Waals surface area (Å²) < 4.78 is 11.9. The molecule has 2 N–H and O–H groups in total. The maximum absolute atomic E-state index is 12.9. The van der Waals surface area contributed by atoms with E-state index in [9.17, 15) is 19.2 Å². The summed E-state index contributed by atoms with van der Waals surface area (Å²) >= 11 is 4.07. The molecule has 206 valence electrons. The second-order valence-electron chi connectivity index (χ2n) is 8.87. The maximum Gasteiger partial charge on any atom is 0.294 e. The standard InChI is InChI=1S/C29H26BrN3O6S/c1-17-4-8-22(12-18(17)2)32-27(35)16-39-23-11-5-19(13-24(23)38-3)14-25-28(36)33(29(37)40-25)15-26(34)31-21-9-6-20(30)7-10-21/h4-14H,15-16H2,1-3H3,(H,31,34)(H,32,35)/b25-14+. The van der Waals surface area contributed by atoms with Gasteiger partial charge in [0, 0.05) is 15.8 Å². The first kappa shape index (κ1) is 28.9. The van der Waals surface area contributed by atoms with E-state index in [2.05, 4.69) is 26.6 Å². The number of ether oxygens (including phenoxy) is 2. The third-order valence-corrected chi connectivity index (χ3v) is 7.37. The van der Waals surface area contributed by atoms with E-state index in [-0.39, 0.29) is 17.4 Å². The molecule has 0 spiro atoms. The highest BCUT2D eigenvalue weighted by Gasteiger charge is 2.36.